The molecule has 1 aromatic heterocycles. The maximum atomic E-state index is 12.5. The lowest BCUT2D eigenvalue weighted by Crippen LogP contribution is -2.06. The molecule has 1 aromatic carbocycles. The zero-order chi connectivity index (χ0) is 15.5. The number of halogens is 5. The summed E-state index contributed by atoms with van der Waals surface area (Å²) in [6.07, 6.45) is -2.23. The summed E-state index contributed by atoms with van der Waals surface area (Å²) >= 11 is 7.90. The lowest BCUT2D eigenvalue weighted by molar-refractivity contribution is -0.137. The smallest absolute Gasteiger partial charge is 0.260 e. The van der Waals surface area contributed by atoms with Crippen molar-refractivity contribution in [3.63, 3.8) is 0 Å². The first-order chi connectivity index (χ1) is 9.88. The molecule has 8 heteroatoms. The SMILES string of the molecule is FC(F)(F)c1cnc(NN=Cc2ccccc2I)c(Cl)c1. The topological polar surface area (TPSA) is 37.3 Å². The second-order valence-corrected chi connectivity index (χ2v) is 5.51. The molecule has 2 rings (SSSR count). The fourth-order valence-electron chi connectivity index (χ4n) is 1.42. The number of pyridine rings is 1. The van der Waals surface area contributed by atoms with Gasteiger partial charge in [-0.2, -0.15) is 18.3 Å². The van der Waals surface area contributed by atoms with Gasteiger partial charge < -0.3 is 0 Å². The van der Waals surface area contributed by atoms with Crippen molar-refractivity contribution in [2.45, 2.75) is 6.18 Å². The van der Waals surface area contributed by atoms with Gasteiger partial charge in [0.2, 0.25) is 0 Å². The first kappa shape index (κ1) is 16.0. The Bertz CT molecular complexity index is 674. The van der Waals surface area contributed by atoms with Crippen LogP contribution in [0.25, 0.3) is 0 Å². The van der Waals surface area contributed by atoms with E-state index in [4.69, 9.17) is 11.6 Å². The van der Waals surface area contributed by atoms with E-state index in [0.717, 1.165) is 15.2 Å². The normalized spacial score (nSPS) is 11.9. The van der Waals surface area contributed by atoms with Gasteiger partial charge in [-0.15, -0.1) is 0 Å². The highest BCUT2D eigenvalue weighted by atomic mass is 127. The van der Waals surface area contributed by atoms with Gasteiger partial charge in [0.1, 0.15) is 0 Å². The lowest BCUT2D eigenvalue weighted by Gasteiger charge is -2.08. The minimum Gasteiger partial charge on any atom is -0.260 e. The second kappa shape index (κ2) is 6.61. The van der Waals surface area contributed by atoms with Crippen molar-refractivity contribution in [3.8, 4) is 0 Å². The minimum absolute atomic E-state index is 0.0619. The zero-order valence-electron chi connectivity index (χ0n) is 10.3. The van der Waals surface area contributed by atoms with Gasteiger partial charge in [0.25, 0.3) is 0 Å². The van der Waals surface area contributed by atoms with E-state index >= 15 is 0 Å². The molecule has 0 atom stereocenters. The van der Waals surface area contributed by atoms with Gasteiger partial charge >= 0.3 is 6.18 Å². The molecule has 0 fully saturated rings. The average molecular weight is 426 g/mol. The zero-order valence-corrected chi connectivity index (χ0v) is 13.2. The average Bonchev–Trinajstić information content (AvgIpc) is 2.41. The van der Waals surface area contributed by atoms with Crippen LogP contribution in [0.2, 0.25) is 5.02 Å². The van der Waals surface area contributed by atoms with E-state index in [-0.39, 0.29) is 10.8 Å². The molecule has 0 bridgehead atoms. The Hall–Kier alpha value is -1.35. The van der Waals surface area contributed by atoms with E-state index in [1.54, 1.807) is 0 Å². The molecule has 1 N–H and O–H groups in total. The summed E-state index contributed by atoms with van der Waals surface area (Å²) in [5.41, 5.74) is 2.49. The summed E-state index contributed by atoms with van der Waals surface area (Å²) in [6.45, 7) is 0. The molecule has 110 valence electrons. The van der Waals surface area contributed by atoms with Crippen LogP contribution >= 0.6 is 34.2 Å². The molecular weight excluding hydrogens is 418 g/mol. The van der Waals surface area contributed by atoms with Crippen LogP contribution in [0.1, 0.15) is 11.1 Å². The van der Waals surface area contributed by atoms with Crippen molar-refractivity contribution in [2.24, 2.45) is 5.10 Å². The van der Waals surface area contributed by atoms with Crippen LogP contribution in [0.3, 0.4) is 0 Å². The number of nitrogens with zero attached hydrogens (tertiary/aromatic N) is 2. The Kier molecular flexibility index (Phi) is 5.04. The fraction of sp³-hybridized carbons (Fsp3) is 0.0769. The highest BCUT2D eigenvalue weighted by Gasteiger charge is 2.31. The molecular formula is C13H8ClF3IN3. The summed E-state index contributed by atoms with van der Waals surface area (Å²) in [6, 6.07) is 8.31. The monoisotopic (exact) mass is 425 g/mol. The molecule has 0 spiro atoms. The number of anilines is 1. The number of rotatable bonds is 3. The van der Waals surface area contributed by atoms with Crippen LogP contribution in [0, 0.1) is 3.57 Å². The third-order valence-corrected chi connectivity index (χ3v) is 3.72. The first-order valence-corrected chi connectivity index (χ1v) is 7.10. The van der Waals surface area contributed by atoms with Crippen molar-refractivity contribution in [1.82, 2.24) is 4.98 Å². The number of hydrogen-bond donors (Lipinski definition) is 1. The van der Waals surface area contributed by atoms with Crippen LogP contribution in [0.15, 0.2) is 41.6 Å². The third-order valence-electron chi connectivity index (χ3n) is 2.45. The third kappa shape index (κ3) is 4.31. The van der Waals surface area contributed by atoms with Crippen LogP contribution in [0.5, 0.6) is 0 Å². The van der Waals surface area contributed by atoms with Crippen LogP contribution in [-0.4, -0.2) is 11.2 Å². The second-order valence-electron chi connectivity index (χ2n) is 3.94. The molecule has 0 radical (unpaired) electrons. The fourth-order valence-corrected chi connectivity index (χ4v) is 2.15. The number of nitrogens with one attached hydrogen (secondary N) is 1. The minimum atomic E-state index is -4.47. The maximum Gasteiger partial charge on any atom is 0.417 e. The predicted octanol–water partition coefficient (Wildman–Crippen LogP) is 4.80. The highest BCUT2D eigenvalue weighted by molar-refractivity contribution is 14.1. The number of alkyl halides is 3. The van der Waals surface area contributed by atoms with E-state index < -0.39 is 11.7 Å². The molecule has 0 aliphatic rings. The number of hydrogen-bond acceptors (Lipinski definition) is 3. The summed E-state index contributed by atoms with van der Waals surface area (Å²) in [5, 5.41) is 3.77. The highest BCUT2D eigenvalue weighted by Crippen LogP contribution is 2.32. The molecule has 2 aromatic rings. The number of benzene rings is 1. The van der Waals surface area contributed by atoms with Gasteiger partial charge in [-0.25, -0.2) is 4.98 Å². The summed E-state index contributed by atoms with van der Waals surface area (Å²) in [5.74, 6) is 0.0619. The molecule has 0 aliphatic carbocycles. The molecule has 0 saturated heterocycles. The van der Waals surface area contributed by atoms with Crippen molar-refractivity contribution in [3.05, 3.63) is 56.2 Å². The van der Waals surface area contributed by atoms with E-state index in [1.807, 2.05) is 24.3 Å². The molecule has 0 unspecified atom stereocenters. The molecule has 0 amide bonds. The van der Waals surface area contributed by atoms with Crippen molar-refractivity contribution in [1.29, 1.82) is 0 Å². The van der Waals surface area contributed by atoms with Crippen molar-refractivity contribution < 1.29 is 13.2 Å². The van der Waals surface area contributed by atoms with Gasteiger partial charge in [0, 0.05) is 15.3 Å². The van der Waals surface area contributed by atoms with Gasteiger partial charge in [-0.3, -0.25) is 5.43 Å². The summed E-state index contributed by atoms with van der Waals surface area (Å²) in [7, 11) is 0. The standard InChI is InChI=1S/C13H8ClF3IN3/c14-10-5-9(13(15,16)17)7-19-12(10)21-20-6-8-3-1-2-4-11(8)18/h1-7H,(H,19,21). The molecule has 3 nitrogen and oxygen atoms in total. The van der Waals surface area contributed by atoms with E-state index in [2.05, 4.69) is 38.1 Å². The van der Waals surface area contributed by atoms with Crippen LogP contribution in [-0.2, 0) is 6.18 Å². The Balaban J connectivity index is 2.12. The molecule has 0 saturated carbocycles. The van der Waals surface area contributed by atoms with E-state index in [0.29, 0.717) is 6.20 Å². The first-order valence-electron chi connectivity index (χ1n) is 5.64. The Morgan fingerprint density at radius 3 is 2.62 bits per heavy atom. The van der Waals surface area contributed by atoms with E-state index in [9.17, 15) is 13.2 Å². The van der Waals surface area contributed by atoms with Gasteiger partial charge in [-0.05, 0) is 34.7 Å². The predicted molar refractivity (Wildman–Crippen MR) is 84.6 cm³/mol. The van der Waals surface area contributed by atoms with Crippen LogP contribution < -0.4 is 5.43 Å². The Morgan fingerprint density at radius 2 is 2.00 bits per heavy atom. The van der Waals surface area contributed by atoms with Gasteiger partial charge in [-0.1, -0.05) is 29.8 Å². The molecule has 21 heavy (non-hydrogen) atoms. The summed E-state index contributed by atoms with van der Waals surface area (Å²) < 4.78 is 38.4. The van der Waals surface area contributed by atoms with Gasteiger partial charge in [0.15, 0.2) is 5.82 Å². The quantitative estimate of drug-likeness (QED) is 0.436. The molecule has 0 aliphatic heterocycles. The maximum absolute atomic E-state index is 12.5. The Morgan fingerprint density at radius 1 is 1.29 bits per heavy atom. The lowest BCUT2D eigenvalue weighted by atomic mass is 10.2. The number of hydrazone groups is 1. The van der Waals surface area contributed by atoms with Crippen molar-refractivity contribution in [2.75, 3.05) is 5.43 Å². The van der Waals surface area contributed by atoms with Crippen molar-refractivity contribution >= 4 is 46.2 Å². The largest absolute Gasteiger partial charge is 0.417 e. The molecule has 1 heterocycles. The van der Waals surface area contributed by atoms with E-state index in [1.165, 1.54) is 6.21 Å². The Labute approximate surface area is 137 Å². The summed E-state index contributed by atoms with van der Waals surface area (Å²) in [4.78, 5) is 3.62. The van der Waals surface area contributed by atoms with Crippen LogP contribution in [0.4, 0.5) is 19.0 Å². The van der Waals surface area contributed by atoms with Gasteiger partial charge in [0.05, 0.1) is 16.8 Å². The number of aromatic nitrogens is 1.